The standard InChI is InChI=1S/C18H17N3O.CH4/c1-13-7-6-10-17(20-13)11-16(12-19)18(22)21-14(2)15-8-4-3-5-9-15;/h3-11,14H,1-2H3,(H,21,22);1H4/b16-11+;/t14-;/m1./s1. The molecule has 0 saturated heterocycles. The number of hydrogen-bond donors (Lipinski definition) is 1. The van der Waals surface area contributed by atoms with E-state index in [1.165, 1.54) is 6.08 Å². The largest absolute Gasteiger partial charge is 0.345 e. The molecule has 0 aliphatic heterocycles. The van der Waals surface area contributed by atoms with Crippen LogP contribution in [0.5, 0.6) is 0 Å². The van der Waals surface area contributed by atoms with E-state index in [1.54, 1.807) is 6.07 Å². The number of aromatic nitrogens is 1. The van der Waals surface area contributed by atoms with Crippen LogP contribution in [0.4, 0.5) is 0 Å². The molecular formula is C19H21N3O. The predicted octanol–water partition coefficient (Wildman–Crippen LogP) is 3.81. The highest BCUT2D eigenvalue weighted by atomic mass is 16.1. The quantitative estimate of drug-likeness (QED) is 0.690. The Kier molecular flexibility index (Phi) is 6.69. The summed E-state index contributed by atoms with van der Waals surface area (Å²) in [5.74, 6) is -0.401. The number of carbonyl (C=O) groups is 1. The zero-order chi connectivity index (χ0) is 15.9. The van der Waals surface area contributed by atoms with Crippen LogP contribution in [0, 0.1) is 18.3 Å². The molecule has 0 unspecified atom stereocenters. The van der Waals surface area contributed by atoms with Crippen LogP contribution in [-0.4, -0.2) is 10.9 Å². The number of benzene rings is 1. The SMILES string of the molecule is C.Cc1cccc(/C=C(\C#N)C(=O)N[C@H](C)c2ccccc2)n1. The van der Waals surface area contributed by atoms with Gasteiger partial charge in [-0.1, -0.05) is 43.8 Å². The molecule has 0 bridgehead atoms. The van der Waals surface area contributed by atoms with Crippen molar-refractivity contribution >= 4 is 12.0 Å². The molecule has 1 heterocycles. The van der Waals surface area contributed by atoms with E-state index in [0.29, 0.717) is 5.69 Å². The number of nitrogens with one attached hydrogen (secondary N) is 1. The minimum atomic E-state index is -0.401. The van der Waals surface area contributed by atoms with Gasteiger partial charge in [0, 0.05) is 5.69 Å². The molecular weight excluding hydrogens is 286 g/mol. The Morgan fingerprint density at radius 3 is 2.52 bits per heavy atom. The van der Waals surface area contributed by atoms with Crippen molar-refractivity contribution in [3.05, 3.63) is 71.1 Å². The maximum atomic E-state index is 12.2. The number of aryl methyl sites for hydroxylation is 1. The lowest BCUT2D eigenvalue weighted by molar-refractivity contribution is -0.117. The van der Waals surface area contributed by atoms with Crippen molar-refractivity contribution in [1.29, 1.82) is 5.26 Å². The van der Waals surface area contributed by atoms with Crippen molar-refractivity contribution in [2.45, 2.75) is 27.3 Å². The number of carbonyl (C=O) groups excluding carboxylic acids is 1. The summed E-state index contributed by atoms with van der Waals surface area (Å²) < 4.78 is 0. The third kappa shape index (κ3) is 5.08. The summed E-state index contributed by atoms with van der Waals surface area (Å²) in [5.41, 5.74) is 2.46. The van der Waals surface area contributed by atoms with Crippen molar-refractivity contribution in [2.24, 2.45) is 0 Å². The van der Waals surface area contributed by atoms with Crippen LogP contribution in [0.1, 0.15) is 37.3 Å². The van der Waals surface area contributed by atoms with E-state index in [-0.39, 0.29) is 19.0 Å². The number of hydrogen-bond acceptors (Lipinski definition) is 3. The van der Waals surface area contributed by atoms with Gasteiger partial charge < -0.3 is 5.32 Å². The highest BCUT2D eigenvalue weighted by Gasteiger charge is 2.13. The zero-order valence-electron chi connectivity index (χ0n) is 12.6. The number of nitriles is 1. The highest BCUT2D eigenvalue weighted by Crippen LogP contribution is 2.13. The average molecular weight is 307 g/mol. The zero-order valence-corrected chi connectivity index (χ0v) is 12.6. The summed E-state index contributed by atoms with van der Waals surface area (Å²) in [5, 5.41) is 12.0. The fourth-order valence-electron chi connectivity index (χ4n) is 2.04. The molecule has 0 radical (unpaired) electrons. The molecule has 0 fully saturated rings. The number of amides is 1. The fraction of sp³-hybridized carbons (Fsp3) is 0.211. The third-order valence-electron chi connectivity index (χ3n) is 3.21. The monoisotopic (exact) mass is 307 g/mol. The first-order valence-corrected chi connectivity index (χ1v) is 7.01. The molecule has 0 saturated carbocycles. The topological polar surface area (TPSA) is 65.8 Å². The Morgan fingerprint density at radius 1 is 1.22 bits per heavy atom. The smallest absolute Gasteiger partial charge is 0.262 e. The lowest BCUT2D eigenvalue weighted by Gasteiger charge is -2.13. The number of nitrogens with zero attached hydrogens (tertiary/aromatic N) is 2. The lowest BCUT2D eigenvalue weighted by atomic mass is 10.1. The molecule has 4 heteroatoms. The van der Waals surface area contributed by atoms with E-state index in [2.05, 4.69) is 10.3 Å². The molecule has 23 heavy (non-hydrogen) atoms. The Labute approximate surface area is 137 Å². The van der Waals surface area contributed by atoms with Gasteiger partial charge in [0.05, 0.1) is 11.7 Å². The number of rotatable bonds is 4. The summed E-state index contributed by atoms with van der Waals surface area (Å²) in [6.45, 7) is 3.74. The third-order valence-corrected chi connectivity index (χ3v) is 3.21. The fourth-order valence-corrected chi connectivity index (χ4v) is 2.04. The van der Waals surface area contributed by atoms with Crippen molar-refractivity contribution in [3.8, 4) is 6.07 Å². The second kappa shape index (κ2) is 8.50. The molecule has 4 nitrogen and oxygen atoms in total. The summed E-state index contributed by atoms with van der Waals surface area (Å²) in [6.07, 6.45) is 1.50. The van der Waals surface area contributed by atoms with Crippen molar-refractivity contribution < 1.29 is 4.79 Å². The Hall–Kier alpha value is -2.93. The molecule has 0 aliphatic carbocycles. The van der Waals surface area contributed by atoms with Crippen LogP contribution >= 0.6 is 0 Å². The van der Waals surface area contributed by atoms with Gasteiger partial charge in [-0.25, -0.2) is 0 Å². The molecule has 2 rings (SSSR count). The van der Waals surface area contributed by atoms with Gasteiger partial charge in [-0.15, -0.1) is 0 Å². The van der Waals surface area contributed by atoms with Gasteiger partial charge in [-0.2, -0.15) is 5.26 Å². The van der Waals surface area contributed by atoms with E-state index >= 15 is 0 Å². The van der Waals surface area contributed by atoms with E-state index in [4.69, 9.17) is 0 Å². The normalized spacial score (nSPS) is 11.8. The van der Waals surface area contributed by atoms with Crippen LogP contribution in [0.25, 0.3) is 6.08 Å². The Morgan fingerprint density at radius 2 is 1.91 bits per heavy atom. The van der Waals surface area contributed by atoms with E-state index in [0.717, 1.165) is 11.3 Å². The molecule has 1 atom stereocenters. The molecule has 1 N–H and O–H groups in total. The van der Waals surface area contributed by atoms with Gasteiger partial charge in [-0.3, -0.25) is 9.78 Å². The van der Waals surface area contributed by atoms with Crippen molar-refractivity contribution in [3.63, 3.8) is 0 Å². The van der Waals surface area contributed by atoms with Gasteiger partial charge in [0.15, 0.2) is 0 Å². The van der Waals surface area contributed by atoms with Gasteiger partial charge >= 0.3 is 0 Å². The van der Waals surface area contributed by atoms with Gasteiger partial charge in [0.25, 0.3) is 5.91 Å². The van der Waals surface area contributed by atoms with Crippen LogP contribution in [0.3, 0.4) is 0 Å². The Balaban J connectivity index is 0.00000264. The van der Waals surface area contributed by atoms with Gasteiger partial charge in [0.1, 0.15) is 11.6 Å². The molecule has 0 aliphatic rings. The van der Waals surface area contributed by atoms with E-state index < -0.39 is 5.91 Å². The molecule has 2 aromatic rings. The summed E-state index contributed by atoms with van der Waals surface area (Å²) in [6, 6.07) is 16.8. The molecule has 1 aromatic carbocycles. The van der Waals surface area contributed by atoms with Gasteiger partial charge in [-0.05, 0) is 37.6 Å². The predicted molar refractivity (Wildman–Crippen MR) is 92.3 cm³/mol. The maximum Gasteiger partial charge on any atom is 0.262 e. The average Bonchev–Trinajstić information content (AvgIpc) is 2.53. The molecule has 0 spiro atoms. The molecule has 1 amide bonds. The number of pyridine rings is 1. The highest BCUT2D eigenvalue weighted by molar-refractivity contribution is 6.01. The second-order valence-electron chi connectivity index (χ2n) is 4.98. The summed E-state index contributed by atoms with van der Waals surface area (Å²) >= 11 is 0. The first kappa shape index (κ1) is 18.1. The van der Waals surface area contributed by atoms with Crippen LogP contribution in [0.2, 0.25) is 0 Å². The van der Waals surface area contributed by atoms with E-state index in [1.807, 2.05) is 62.4 Å². The van der Waals surface area contributed by atoms with Crippen LogP contribution < -0.4 is 5.32 Å². The summed E-state index contributed by atoms with van der Waals surface area (Å²) in [7, 11) is 0. The first-order valence-electron chi connectivity index (χ1n) is 7.01. The van der Waals surface area contributed by atoms with Crippen molar-refractivity contribution in [1.82, 2.24) is 10.3 Å². The maximum absolute atomic E-state index is 12.2. The minimum absolute atomic E-state index is 0. The minimum Gasteiger partial charge on any atom is -0.345 e. The first-order chi connectivity index (χ1) is 10.6. The lowest BCUT2D eigenvalue weighted by Crippen LogP contribution is -2.27. The molecule has 118 valence electrons. The van der Waals surface area contributed by atoms with Crippen molar-refractivity contribution in [2.75, 3.05) is 0 Å². The van der Waals surface area contributed by atoms with Crippen LogP contribution in [-0.2, 0) is 4.79 Å². The van der Waals surface area contributed by atoms with E-state index in [9.17, 15) is 10.1 Å². The molecule has 1 aromatic heterocycles. The summed E-state index contributed by atoms with van der Waals surface area (Å²) in [4.78, 5) is 16.5. The Bertz CT molecular complexity index is 730. The van der Waals surface area contributed by atoms with Gasteiger partial charge in [0.2, 0.25) is 0 Å². The second-order valence-corrected chi connectivity index (χ2v) is 4.98. The van der Waals surface area contributed by atoms with Crippen LogP contribution in [0.15, 0.2) is 54.1 Å².